The Hall–Kier alpha value is -3.90. The highest BCUT2D eigenvalue weighted by Gasteiger charge is 2.44. The number of likely N-dealkylation sites (tertiary alicyclic amines) is 3. The molecule has 244 valence electrons. The fourth-order valence-electron chi connectivity index (χ4n) is 7.59. The predicted molar refractivity (Wildman–Crippen MR) is 174 cm³/mol. The van der Waals surface area contributed by atoms with Gasteiger partial charge in [-0.1, -0.05) is 12.1 Å². The van der Waals surface area contributed by atoms with E-state index in [1.54, 1.807) is 36.4 Å². The Bertz CT molecular complexity index is 1690. The van der Waals surface area contributed by atoms with Gasteiger partial charge in [0.15, 0.2) is 0 Å². The molecule has 3 fully saturated rings. The molecule has 3 aromatic rings. The molecule has 2 atom stereocenters. The first kappa shape index (κ1) is 32.1. The molecule has 2 amide bonds. The van der Waals surface area contributed by atoms with Crippen LogP contribution in [0.1, 0.15) is 56.9 Å². The maximum atomic E-state index is 14.5. The maximum Gasteiger partial charge on any atom is 0.257 e. The number of nitrogens with one attached hydrogen (secondary N) is 1. The maximum absolute atomic E-state index is 14.5. The zero-order chi connectivity index (χ0) is 32.6. The van der Waals surface area contributed by atoms with Gasteiger partial charge in [0.2, 0.25) is 10.0 Å². The zero-order valence-electron chi connectivity index (χ0n) is 26.6. The van der Waals surface area contributed by atoms with E-state index in [4.69, 9.17) is 0 Å². The second kappa shape index (κ2) is 12.7. The zero-order valence-corrected chi connectivity index (χ0v) is 27.4. The molecule has 4 heterocycles. The smallest absolute Gasteiger partial charge is 0.257 e. The minimum absolute atomic E-state index is 0.0180. The number of hydrogen-bond donors (Lipinski definition) is 1. The number of rotatable bonds is 8. The van der Waals surface area contributed by atoms with Crippen LogP contribution in [-0.2, 0) is 15.4 Å². The molecule has 2 unspecified atom stereocenters. The van der Waals surface area contributed by atoms with E-state index >= 15 is 0 Å². The molecule has 0 aliphatic carbocycles. The molecule has 0 radical (unpaired) electrons. The van der Waals surface area contributed by atoms with Crippen LogP contribution in [0.15, 0.2) is 54.9 Å². The Balaban J connectivity index is 1.08. The van der Waals surface area contributed by atoms with E-state index < -0.39 is 10.0 Å². The number of benzene rings is 2. The lowest BCUT2D eigenvalue weighted by Gasteiger charge is -2.43. The van der Waals surface area contributed by atoms with Crippen LogP contribution in [0.4, 0.5) is 10.1 Å². The highest BCUT2D eigenvalue weighted by atomic mass is 32.2. The number of piperidine rings is 1. The van der Waals surface area contributed by atoms with Crippen LogP contribution in [0, 0.1) is 31.5 Å². The second-order valence-corrected chi connectivity index (χ2v) is 14.9. The molecule has 3 aliphatic heterocycles. The topological polar surface area (TPSA) is 116 Å². The van der Waals surface area contributed by atoms with Gasteiger partial charge in [0, 0.05) is 50.5 Å². The lowest BCUT2D eigenvalue weighted by Crippen LogP contribution is -2.46. The quantitative estimate of drug-likeness (QED) is 0.394. The van der Waals surface area contributed by atoms with Crippen molar-refractivity contribution in [3.63, 3.8) is 0 Å². The van der Waals surface area contributed by atoms with Gasteiger partial charge in [0.25, 0.3) is 11.8 Å². The number of fused-ring (bicyclic) bond motifs is 1. The Morgan fingerprint density at radius 3 is 2.13 bits per heavy atom. The summed E-state index contributed by atoms with van der Waals surface area (Å²) in [6.45, 7) is 8.97. The largest absolute Gasteiger partial charge is 0.339 e. The summed E-state index contributed by atoms with van der Waals surface area (Å²) in [7, 11) is -3.40. The fraction of sp³-hybridized carbons (Fsp3) is 0.471. The summed E-state index contributed by atoms with van der Waals surface area (Å²) in [5.74, 6) is 0.491. The Morgan fingerprint density at radius 2 is 1.54 bits per heavy atom. The molecule has 0 spiro atoms. The molecule has 10 nitrogen and oxygen atoms in total. The molecule has 1 aromatic heterocycles. The van der Waals surface area contributed by atoms with Gasteiger partial charge < -0.3 is 14.7 Å². The summed E-state index contributed by atoms with van der Waals surface area (Å²) < 4.78 is 39.9. The molecular weight excluding hydrogens is 607 g/mol. The average Bonchev–Trinajstić information content (AvgIpc) is 3.59. The molecular formula is C34H41FN6O4S. The first-order valence-electron chi connectivity index (χ1n) is 15.8. The average molecular weight is 649 g/mol. The first-order chi connectivity index (χ1) is 21.9. The van der Waals surface area contributed by atoms with E-state index in [9.17, 15) is 22.4 Å². The third-order valence-electron chi connectivity index (χ3n) is 10.1. The van der Waals surface area contributed by atoms with Crippen LogP contribution in [0.3, 0.4) is 0 Å². The fourth-order valence-corrected chi connectivity index (χ4v) is 8.15. The van der Waals surface area contributed by atoms with Crippen molar-refractivity contribution in [1.82, 2.24) is 24.7 Å². The van der Waals surface area contributed by atoms with Crippen LogP contribution in [0.2, 0.25) is 0 Å². The second-order valence-electron chi connectivity index (χ2n) is 13.2. The van der Waals surface area contributed by atoms with E-state index in [0.717, 1.165) is 63.8 Å². The van der Waals surface area contributed by atoms with Crippen LogP contribution in [-0.4, -0.2) is 97.0 Å². The summed E-state index contributed by atoms with van der Waals surface area (Å²) in [6, 6.07) is 13.3. The summed E-state index contributed by atoms with van der Waals surface area (Å²) in [5, 5.41) is 0. The number of halogens is 1. The lowest BCUT2D eigenvalue weighted by atomic mass is 9.70. The van der Waals surface area contributed by atoms with Crippen LogP contribution >= 0.6 is 0 Å². The van der Waals surface area contributed by atoms with Crippen molar-refractivity contribution >= 4 is 27.5 Å². The van der Waals surface area contributed by atoms with E-state index in [0.29, 0.717) is 53.1 Å². The summed E-state index contributed by atoms with van der Waals surface area (Å²) in [5.41, 5.74) is 3.66. The van der Waals surface area contributed by atoms with Crippen LogP contribution < -0.4 is 4.72 Å². The number of anilines is 1. The summed E-state index contributed by atoms with van der Waals surface area (Å²) in [6.07, 6.45) is 4.87. The third-order valence-corrected chi connectivity index (χ3v) is 10.7. The highest BCUT2D eigenvalue weighted by Crippen LogP contribution is 2.41. The van der Waals surface area contributed by atoms with E-state index in [1.165, 1.54) is 12.4 Å². The molecule has 2 aromatic carbocycles. The van der Waals surface area contributed by atoms with Crippen LogP contribution in [0.25, 0.3) is 0 Å². The van der Waals surface area contributed by atoms with Gasteiger partial charge in [-0.05, 0) is 98.9 Å². The van der Waals surface area contributed by atoms with Crippen molar-refractivity contribution in [2.24, 2.45) is 11.8 Å². The Kier molecular flexibility index (Phi) is 8.86. The number of sulfonamides is 1. The van der Waals surface area contributed by atoms with E-state index in [1.807, 2.05) is 29.7 Å². The normalized spacial score (nSPS) is 21.3. The van der Waals surface area contributed by atoms with Crippen molar-refractivity contribution in [3.8, 4) is 0 Å². The number of amides is 2. The number of carbonyl (C=O) groups excluding carboxylic acids is 2. The number of carbonyl (C=O) groups is 2. The van der Waals surface area contributed by atoms with Gasteiger partial charge in [-0.2, -0.15) is 0 Å². The lowest BCUT2D eigenvalue weighted by molar-refractivity contribution is 0.0649. The SMILES string of the molecule is Cc1ncnc(C)c1C(=O)N1CC2CN(CCC3(c4cccc(F)c4)CCN(C(=O)c4ccc(NS(C)(=O)=O)cc4)CC3)CC2C1. The van der Waals surface area contributed by atoms with Crippen LogP contribution in [0.5, 0.6) is 0 Å². The standard InChI is InChI=1S/C34H41FN6O4S/c1-23-31(24(2)37-22-36-23)33(43)41-20-26-18-39(19-27(26)21-41)14-11-34(28-5-4-6-29(35)17-28)12-15-40(16-13-34)32(42)25-7-9-30(10-8-25)38-46(3,44)45/h4-10,17,22,26-27,38H,11-16,18-21H2,1-3H3. The van der Waals surface area contributed by atoms with Gasteiger partial charge in [0.05, 0.1) is 23.2 Å². The molecule has 0 saturated carbocycles. The summed E-state index contributed by atoms with van der Waals surface area (Å²) >= 11 is 0. The van der Waals surface area contributed by atoms with E-state index in [2.05, 4.69) is 19.6 Å². The third kappa shape index (κ3) is 6.78. The number of aromatic nitrogens is 2. The molecule has 12 heteroatoms. The number of aryl methyl sites for hydroxylation is 2. The van der Waals surface area contributed by atoms with Gasteiger partial charge >= 0.3 is 0 Å². The molecule has 1 N–H and O–H groups in total. The molecule has 46 heavy (non-hydrogen) atoms. The Labute approximate surface area is 270 Å². The molecule has 3 aliphatic rings. The number of hydrogen-bond acceptors (Lipinski definition) is 7. The van der Waals surface area contributed by atoms with Crippen molar-refractivity contribution < 1.29 is 22.4 Å². The van der Waals surface area contributed by atoms with Crippen molar-refractivity contribution in [3.05, 3.63) is 88.8 Å². The van der Waals surface area contributed by atoms with E-state index in [-0.39, 0.29) is 23.0 Å². The summed E-state index contributed by atoms with van der Waals surface area (Å²) in [4.78, 5) is 41.5. The highest BCUT2D eigenvalue weighted by molar-refractivity contribution is 7.92. The molecule has 6 rings (SSSR count). The minimum Gasteiger partial charge on any atom is -0.339 e. The van der Waals surface area contributed by atoms with Gasteiger partial charge in [-0.3, -0.25) is 14.3 Å². The molecule has 3 saturated heterocycles. The van der Waals surface area contributed by atoms with Crippen molar-refractivity contribution in [2.45, 2.75) is 38.5 Å². The monoisotopic (exact) mass is 648 g/mol. The van der Waals surface area contributed by atoms with Crippen molar-refractivity contribution in [1.29, 1.82) is 0 Å². The predicted octanol–water partition coefficient (Wildman–Crippen LogP) is 3.87. The minimum atomic E-state index is -3.40. The number of nitrogens with zero attached hydrogens (tertiary/aromatic N) is 5. The Morgan fingerprint density at radius 1 is 0.913 bits per heavy atom. The van der Waals surface area contributed by atoms with Crippen molar-refractivity contribution in [2.75, 3.05) is 56.8 Å². The first-order valence-corrected chi connectivity index (χ1v) is 17.7. The van der Waals surface area contributed by atoms with Gasteiger partial charge in [-0.25, -0.2) is 22.8 Å². The van der Waals surface area contributed by atoms with Gasteiger partial charge in [0.1, 0.15) is 12.1 Å². The molecule has 0 bridgehead atoms. The van der Waals surface area contributed by atoms with Gasteiger partial charge in [-0.15, -0.1) is 0 Å².